The molecule has 5 heteroatoms. The van der Waals surface area contributed by atoms with Gasteiger partial charge in [-0.1, -0.05) is 19.1 Å². The minimum atomic E-state index is -0.217. The summed E-state index contributed by atoms with van der Waals surface area (Å²) >= 11 is 0. The molecule has 1 aromatic carbocycles. The van der Waals surface area contributed by atoms with E-state index in [9.17, 15) is 5.11 Å². The molecule has 1 spiro atoms. The maximum Gasteiger partial charge on any atom is 0.168 e. The summed E-state index contributed by atoms with van der Waals surface area (Å²) in [5.41, 5.74) is 2.67. The molecule has 4 rings (SSSR count). The van der Waals surface area contributed by atoms with Crippen molar-refractivity contribution in [3.05, 3.63) is 29.8 Å². The highest BCUT2D eigenvalue weighted by Gasteiger charge is 2.40. The van der Waals surface area contributed by atoms with Gasteiger partial charge in [-0.15, -0.1) is 0 Å². The minimum Gasteiger partial charge on any atom is -0.396 e. The summed E-state index contributed by atoms with van der Waals surface area (Å²) in [7, 11) is 0. The zero-order valence-electron chi connectivity index (χ0n) is 18.0. The Morgan fingerprint density at radius 3 is 2.52 bits per heavy atom. The maximum atomic E-state index is 9.31. The first-order valence-corrected chi connectivity index (χ1v) is 11.6. The van der Waals surface area contributed by atoms with Gasteiger partial charge in [0.05, 0.1) is 13.2 Å². The van der Waals surface area contributed by atoms with Gasteiger partial charge in [-0.3, -0.25) is 4.90 Å². The maximum absolute atomic E-state index is 9.31. The molecular weight excluding hydrogens is 364 g/mol. The lowest BCUT2D eigenvalue weighted by Gasteiger charge is -2.38. The Labute approximate surface area is 176 Å². The third kappa shape index (κ3) is 5.52. The molecule has 5 nitrogen and oxygen atoms in total. The van der Waals surface area contributed by atoms with Crippen molar-refractivity contribution in [1.82, 2.24) is 4.90 Å². The van der Waals surface area contributed by atoms with Crippen LogP contribution in [0.15, 0.2) is 24.3 Å². The van der Waals surface area contributed by atoms with Gasteiger partial charge in [0.15, 0.2) is 5.79 Å². The summed E-state index contributed by atoms with van der Waals surface area (Å²) in [6, 6.07) is 8.89. The van der Waals surface area contributed by atoms with Crippen LogP contribution in [0.2, 0.25) is 0 Å². The summed E-state index contributed by atoms with van der Waals surface area (Å²) in [5, 5.41) is 9.31. The van der Waals surface area contributed by atoms with E-state index in [1.54, 1.807) is 0 Å². The van der Waals surface area contributed by atoms with Crippen LogP contribution < -0.4 is 4.90 Å². The second-order valence-electron chi connectivity index (χ2n) is 9.33. The molecule has 2 aliphatic heterocycles. The fourth-order valence-electron chi connectivity index (χ4n) is 5.13. The lowest BCUT2D eigenvalue weighted by molar-refractivity contribution is -0.182. The number of anilines is 1. The van der Waals surface area contributed by atoms with E-state index in [1.807, 2.05) is 0 Å². The monoisotopic (exact) mass is 402 g/mol. The Morgan fingerprint density at radius 1 is 1.10 bits per heavy atom. The molecule has 3 fully saturated rings. The van der Waals surface area contributed by atoms with Crippen LogP contribution in [0.3, 0.4) is 0 Å². The summed E-state index contributed by atoms with van der Waals surface area (Å²) < 4.78 is 11.7. The fourth-order valence-corrected chi connectivity index (χ4v) is 5.13. The standard InChI is InChI=1S/C24H38N2O3/c1-20(19-27)17-22-3-2-4-23(18-22)26-13-11-25(12-14-26)10-7-21-5-8-24(9-6-21)28-15-16-29-24/h2-4,18,20-21,27H,5-17,19H2,1H3. The second kappa shape index (κ2) is 9.78. The zero-order valence-corrected chi connectivity index (χ0v) is 18.0. The van der Waals surface area contributed by atoms with Crippen LogP contribution in [0.1, 0.15) is 44.6 Å². The predicted molar refractivity (Wildman–Crippen MR) is 116 cm³/mol. The number of rotatable bonds is 7. The molecule has 1 unspecified atom stereocenters. The summed E-state index contributed by atoms with van der Waals surface area (Å²) in [5.74, 6) is 0.936. The van der Waals surface area contributed by atoms with Crippen molar-refractivity contribution in [3.8, 4) is 0 Å². The van der Waals surface area contributed by atoms with Crippen LogP contribution in [0.4, 0.5) is 5.69 Å². The van der Waals surface area contributed by atoms with Crippen LogP contribution in [-0.4, -0.2) is 68.3 Å². The molecular formula is C24H38N2O3. The molecule has 0 amide bonds. The summed E-state index contributed by atoms with van der Waals surface area (Å²) in [6.07, 6.45) is 6.92. The SMILES string of the molecule is CC(CO)Cc1cccc(N2CCN(CCC3CCC4(CC3)OCCO4)CC2)c1. The van der Waals surface area contributed by atoms with Gasteiger partial charge in [-0.2, -0.15) is 0 Å². The number of aliphatic hydroxyl groups is 1. The molecule has 0 aromatic heterocycles. The molecule has 0 bridgehead atoms. The number of hydrogen-bond donors (Lipinski definition) is 1. The fraction of sp³-hybridized carbons (Fsp3) is 0.750. The first kappa shape index (κ1) is 21.1. The van der Waals surface area contributed by atoms with Crippen LogP contribution in [-0.2, 0) is 15.9 Å². The van der Waals surface area contributed by atoms with E-state index in [0.717, 1.165) is 64.6 Å². The van der Waals surface area contributed by atoms with Gasteiger partial charge in [0.25, 0.3) is 0 Å². The van der Waals surface area contributed by atoms with E-state index in [1.165, 1.54) is 37.1 Å². The van der Waals surface area contributed by atoms with Gasteiger partial charge >= 0.3 is 0 Å². The average Bonchev–Trinajstić information content (AvgIpc) is 3.22. The minimum absolute atomic E-state index is 0.217. The highest BCUT2D eigenvalue weighted by atomic mass is 16.7. The Morgan fingerprint density at radius 2 is 1.83 bits per heavy atom. The van der Waals surface area contributed by atoms with E-state index in [0.29, 0.717) is 5.92 Å². The third-order valence-corrected chi connectivity index (χ3v) is 7.08. The Kier molecular flexibility index (Phi) is 7.12. The number of benzene rings is 1. The molecule has 29 heavy (non-hydrogen) atoms. The van der Waals surface area contributed by atoms with Crippen molar-refractivity contribution in [3.63, 3.8) is 0 Å². The third-order valence-electron chi connectivity index (χ3n) is 7.08. The van der Waals surface area contributed by atoms with Crippen molar-refractivity contribution in [2.24, 2.45) is 11.8 Å². The molecule has 3 aliphatic rings. The van der Waals surface area contributed by atoms with Gasteiger partial charge in [0.2, 0.25) is 0 Å². The normalized spacial score (nSPS) is 24.3. The van der Waals surface area contributed by atoms with E-state index < -0.39 is 0 Å². The second-order valence-corrected chi connectivity index (χ2v) is 9.33. The highest BCUT2D eigenvalue weighted by molar-refractivity contribution is 5.49. The van der Waals surface area contributed by atoms with Crippen molar-refractivity contribution < 1.29 is 14.6 Å². The lowest BCUT2D eigenvalue weighted by atomic mass is 9.83. The molecule has 2 heterocycles. The Hall–Kier alpha value is -1.14. The van der Waals surface area contributed by atoms with Crippen molar-refractivity contribution in [2.75, 3.05) is 57.4 Å². The summed E-state index contributed by atoms with van der Waals surface area (Å²) in [4.78, 5) is 5.16. The van der Waals surface area contributed by atoms with Gasteiger partial charge in [-0.05, 0) is 61.8 Å². The van der Waals surface area contributed by atoms with Gasteiger partial charge in [0.1, 0.15) is 0 Å². The first-order valence-electron chi connectivity index (χ1n) is 11.6. The molecule has 1 N–H and O–H groups in total. The molecule has 2 saturated heterocycles. The molecule has 1 saturated carbocycles. The topological polar surface area (TPSA) is 45.2 Å². The van der Waals surface area contributed by atoms with Gasteiger partial charge < -0.3 is 19.5 Å². The Balaban J connectivity index is 1.19. The van der Waals surface area contributed by atoms with E-state index in [2.05, 4.69) is 41.0 Å². The zero-order chi connectivity index (χ0) is 20.1. The van der Waals surface area contributed by atoms with Crippen LogP contribution in [0, 0.1) is 11.8 Å². The highest BCUT2D eigenvalue weighted by Crippen LogP contribution is 2.39. The average molecular weight is 403 g/mol. The number of hydrogen-bond acceptors (Lipinski definition) is 5. The molecule has 1 aromatic rings. The Bertz CT molecular complexity index is 629. The van der Waals surface area contributed by atoms with Crippen LogP contribution >= 0.6 is 0 Å². The summed E-state index contributed by atoms with van der Waals surface area (Å²) in [6.45, 7) is 9.65. The predicted octanol–water partition coefficient (Wildman–Crippen LogP) is 3.30. The molecule has 1 atom stereocenters. The largest absolute Gasteiger partial charge is 0.396 e. The van der Waals surface area contributed by atoms with Crippen molar-refractivity contribution >= 4 is 5.69 Å². The van der Waals surface area contributed by atoms with Gasteiger partial charge in [-0.25, -0.2) is 0 Å². The van der Waals surface area contributed by atoms with Crippen LogP contribution in [0.25, 0.3) is 0 Å². The number of ether oxygens (including phenoxy) is 2. The quantitative estimate of drug-likeness (QED) is 0.758. The van der Waals surface area contributed by atoms with Crippen molar-refractivity contribution in [2.45, 2.75) is 51.2 Å². The number of piperazine rings is 1. The first-order chi connectivity index (χ1) is 14.2. The lowest BCUT2D eigenvalue weighted by Crippen LogP contribution is -2.47. The molecule has 1 aliphatic carbocycles. The van der Waals surface area contributed by atoms with Crippen LogP contribution in [0.5, 0.6) is 0 Å². The van der Waals surface area contributed by atoms with E-state index >= 15 is 0 Å². The van der Waals surface area contributed by atoms with E-state index in [4.69, 9.17) is 9.47 Å². The molecule has 0 radical (unpaired) electrons. The number of nitrogens with zero attached hydrogens (tertiary/aromatic N) is 2. The molecule has 162 valence electrons. The smallest absolute Gasteiger partial charge is 0.168 e. The van der Waals surface area contributed by atoms with E-state index in [-0.39, 0.29) is 12.4 Å². The van der Waals surface area contributed by atoms with Crippen molar-refractivity contribution in [1.29, 1.82) is 0 Å². The number of aliphatic hydroxyl groups excluding tert-OH is 1. The van der Waals surface area contributed by atoms with Gasteiger partial charge in [0, 0.05) is 51.3 Å².